The van der Waals surface area contributed by atoms with Crippen LogP contribution in [-0.2, 0) is 0 Å². The van der Waals surface area contributed by atoms with Crippen LogP contribution in [0.15, 0.2) is 42.5 Å². The number of para-hydroxylation sites is 1. The van der Waals surface area contributed by atoms with E-state index in [-0.39, 0.29) is 11.3 Å². The quantitative estimate of drug-likeness (QED) is 0.878. The Morgan fingerprint density at radius 3 is 2.45 bits per heavy atom. The molecule has 0 heterocycles. The molecule has 0 bridgehead atoms. The summed E-state index contributed by atoms with van der Waals surface area (Å²) >= 11 is 5.90. The van der Waals surface area contributed by atoms with Crippen molar-refractivity contribution in [1.82, 2.24) is 0 Å². The highest BCUT2D eigenvalue weighted by Crippen LogP contribution is 2.22. The van der Waals surface area contributed by atoms with E-state index in [1.165, 1.54) is 12.1 Å². The van der Waals surface area contributed by atoms with Crippen molar-refractivity contribution in [3.05, 3.63) is 58.9 Å². The van der Waals surface area contributed by atoms with Crippen LogP contribution in [0.25, 0.3) is 0 Å². The standard InChI is InChI=1S/C14H9ClFN3O/c15-10-4-1-2-6-13(10)19-14(20)18-12-7-3-5-11(16)9(12)8-17/h1-7H,(H2,18,19,20). The lowest BCUT2D eigenvalue weighted by molar-refractivity contribution is 0.262. The summed E-state index contributed by atoms with van der Waals surface area (Å²) in [5.74, 6) is -0.692. The topological polar surface area (TPSA) is 64.9 Å². The molecule has 20 heavy (non-hydrogen) atoms. The van der Waals surface area contributed by atoms with Crippen molar-refractivity contribution in [2.45, 2.75) is 0 Å². The van der Waals surface area contributed by atoms with Crippen LogP contribution < -0.4 is 10.6 Å². The number of anilines is 2. The number of hydrogen-bond acceptors (Lipinski definition) is 2. The molecule has 2 aromatic rings. The van der Waals surface area contributed by atoms with Gasteiger partial charge in [-0.05, 0) is 24.3 Å². The predicted octanol–water partition coefficient (Wildman–Crippen LogP) is 3.99. The first kappa shape index (κ1) is 13.8. The van der Waals surface area contributed by atoms with Crippen LogP contribution >= 0.6 is 11.6 Å². The average Bonchev–Trinajstić information content (AvgIpc) is 2.42. The zero-order valence-corrected chi connectivity index (χ0v) is 10.9. The Kier molecular flexibility index (Phi) is 4.18. The SMILES string of the molecule is N#Cc1c(F)cccc1NC(=O)Nc1ccccc1Cl. The third-order valence-corrected chi connectivity index (χ3v) is 2.83. The summed E-state index contributed by atoms with van der Waals surface area (Å²) < 4.78 is 13.4. The van der Waals surface area contributed by atoms with Crippen LogP contribution in [0.4, 0.5) is 20.6 Å². The molecule has 2 aromatic carbocycles. The van der Waals surface area contributed by atoms with Crippen LogP contribution in [0, 0.1) is 17.1 Å². The minimum absolute atomic E-state index is 0.0945. The molecule has 0 spiro atoms. The van der Waals surface area contributed by atoms with Gasteiger partial charge in [0, 0.05) is 0 Å². The van der Waals surface area contributed by atoms with Crippen LogP contribution in [0.5, 0.6) is 0 Å². The van der Waals surface area contributed by atoms with Crippen molar-refractivity contribution in [1.29, 1.82) is 5.26 Å². The molecule has 0 aliphatic heterocycles. The number of nitrogens with zero attached hydrogens (tertiary/aromatic N) is 1. The maximum atomic E-state index is 13.4. The molecule has 0 unspecified atom stereocenters. The Labute approximate surface area is 119 Å². The Bertz CT molecular complexity index is 697. The number of nitrogens with one attached hydrogen (secondary N) is 2. The van der Waals surface area contributed by atoms with Crippen molar-refractivity contribution in [2.75, 3.05) is 10.6 Å². The minimum atomic E-state index is -0.692. The second kappa shape index (κ2) is 6.04. The molecular weight excluding hydrogens is 281 g/mol. The zero-order chi connectivity index (χ0) is 14.5. The number of halogens is 2. The van der Waals surface area contributed by atoms with Gasteiger partial charge in [-0.15, -0.1) is 0 Å². The van der Waals surface area contributed by atoms with E-state index in [2.05, 4.69) is 10.6 Å². The van der Waals surface area contributed by atoms with E-state index >= 15 is 0 Å². The van der Waals surface area contributed by atoms with Crippen molar-refractivity contribution in [3.8, 4) is 6.07 Å². The van der Waals surface area contributed by atoms with Crippen molar-refractivity contribution < 1.29 is 9.18 Å². The Hall–Kier alpha value is -2.58. The number of carbonyl (C=O) groups excluding carboxylic acids is 1. The summed E-state index contributed by atoms with van der Waals surface area (Å²) in [5, 5.41) is 14.2. The van der Waals surface area contributed by atoms with E-state index in [1.807, 2.05) is 0 Å². The fraction of sp³-hybridized carbons (Fsp3) is 0. The lowest BCUT2D eigenvalue weighted by Gasteiger charge is -2.10. The van der Waals surface area contributed by atoms with Gasteiger partial charge in [0.2, 0.25) is 0 Å². The monoisotopic (exact) mass is 289 g/mol. The molecule has 2 rings (SSSR count). The van der Waals surface area contributed by atoms with Gasteiger partial charge in [-0.3, -0.25) is 0 Å². The fourth-order valence-electron chi connectivity index (χ4n) is 1.58. The summed E-state index contributed by atoms with van der Waals surface area (Å²) in [5.41, 5.74) is 0.292. The highest BCUT2D eigenvalue weighted by Gasteiger charge is 2.11. The third-order valence-electron chi connectivity index (χ3n) is 2.50. The Morgan fingerprint density at radius 2 is 1.75 bits per heavy atom. The van der Waals surface area contributed by atoms with Crippen LogP contribution in [0.2, 0.25) is 5.02 Å². The van der Waals surface area contributed by atoms with Gasteiger partial charge in [0.25, 0.3) is 0 Å². The molecule has 0 aliphatic carbocycles. The minimum Gasteiger partial charge on any atom is -0.306 e. The van der Waals surface area contributed by atoms with E-state index in [0.29, 0.717) is 10.7 Å². The van der Waals surface area contributed by atoms with Gasteiger partial charge in [0.05, 0.1) is 16.4 Å². The molecule has 0 aliphatic rings. The molecule has 0 fully saturated rings. The van der Waals surface area contributed by atoms with Gasteiger partial charge in [-0.1, -0.05) is 29.8 Å². The first-order valence-corrected chi connectivity index (χ1v) is 6.01. The summed E-state index contributed by atoms with van der Waals surface area (Å²) in [6, 6.07) is 11.8. The number of carbonyl (C=O) groups is 1. The molecule has 0 radical (unpaired) electrons. The van der Waals surface area contributed by atoms with E-state index in [9.17, 15) is 9.18 Å². The van der Waals surface area contributed by atoms with Crippen molar-refractivity contribution in [2.24, 2.45) is 0 Å². The molecule has 0 saturated heterocycles. The van der Waals surface area contributed by atoms with Gasteiger partial charge in [0.1, 0.15) is 17.4 Å². The first-order chi connectivity index (χ1) is 9.61. The number of hydrogen-bond donors (Lipinski definition) is 2. The molecule has 100 valence electrons. The molecule has 4 nitrogen and oxygen atoms in total. The lowest BCUT2D eigenvalue weighted by Crippen LogP contribution is -2.20. The molecule has 2 N–H and O–H groups in total. The maximum Gasteiger partial charge on any atom is 0.323 e. The average molecular weight is 290 g/mol. The third kappa shape index (κ3) is 3.05. The molecule has 0 saturated carbocycles. The van der Waals surface area contributed by atoms with E-state index in [4.69, 9.17) is 16.9 Å². The summed E-state index contributed by atoms with van der Waals surface area (Å²) in [6.07, 6.45) is 0. The number of rotatable bonds is 2. The summed E-state index contributed by atoms with van der Waals surface area (Å²) in [7, 11) is 0. The largest absolute Gasteiger partial charge is 0.323 e. The van der Waals surface area contributed by atoms with Crippen LogP contribution in [0.1, 0.15) is 5.56 Å². The zero-order valence-electron chi connectivity index (χ0n) is 10.2. The van der Waals surface area contributed by atoms with Crippen LogP contribution in [-0.4, -0.2) is 6.03 Å². The maximum absolute atomic E-state index is 13.4. The number of nitriles is 1. The van der Waals surface area contributed by atoms with Crippen molar-refractivity contribution >= 4 is 29.0 Å². The highest BCUT2D eigenvalue weighted by atomic mass is 35.5. The number of benzene rings is 2. The van der Waals surface area contributed by atoms with Crippen LogP contribution in [0.3, 0.4) is 0 Å². The summed E-state index contributed by atoms with van der Waals surface area (Å²) in [4.78, 5) is 11.8. The summed E-state index contributed by atoms with van der Waals surface area (Å²) in [6.45, 7) is 0. The first-order valence-electron chi connectivity index (χ1n) is 5.63. The van der Waals surface area contributed by atoms with Crippen molar-refractivity contribution in [3.63, 3.8) is 0 Å². The van der Waals surface area contributed by atoms with Gasteiger partial charge < -0.3 is 10.6 Å². The van der Waals surface area contributed by atoms with E-state index in [1.54, 1.807) is 30.3 Å². The molecule has 6 heteroatoms. The molecule has 0 aromatic heterocycles. The highest BCUT2D eigenvalue weighted by molar-refractivity contribution is 6.33. The second-order valence-corrected chi connectivity index (χ2v) is 4.24. The van der Waals surface area contributed by atoms with Gasteiger partial charge in [-0.25, -0.2) is 9.18 Å². The van der Waals surface area contributed by atoms with E-state index < -0.39 is 11.8 Å². The smallest absolute Gasteiger partial charge is 0.306 e. The Balaban J connectivity index is 2.16. The van der Waals surface area contributed by atoms with Gasteiger partial charge >= 0.3 is 6.03 Å². The van der Waals surface area contributed by atoms with Gasteiger partial charge in [-0.2, -0.15) is 5.26 Å². The lowest BCUT2D eigenvalue weighted by atomic mass is 10.2. The fourth-order valence-corrected chi connectivity index (χ4v) is 1.76. The molecule has 2 amide bonds. The normalized spacial score (nSPS) is 9.65. The number of urea groups is 1. The predicted molar refractivity (Wildman–Crippen MR) is 75.2 cm³/mol. The van der Waals surface area contributed by atoms with E-state index in [0.717, 1.165) is 6.07 Å². The molecular formula is C14H9ClFN3O. The molecule has 0 atom stereocenters. The second-order valence-electron chi connectivity index (χ2n) is 3.83. The Morgan fingerprint density at radius 1 is 1.10 bits per heavy atom. The van der Waals surface area contributed by atoms with Gasteiger partial charge in [0.15, 0.2) is 0 Å². The number of amides is 2.